The number of hydrogen-bond donors (Lipinski definition) is 0. The van der Waals surface area contributed by atoms with Gasteiger partial charge in [-0.1, -0.05) is 194 Å². The van der Waals surface area contributed by atoms with Gasteiger partial charge in [0, 0.05) is 17.5 Å². The summed E-state index contributed by atoms with van der Waals surface area (Å²) in [5.41, 5.74) is 13.9. The molecule has 0 atom stereocenters. The molecule has 1 nitrogen and oxygen atoms in total. The Morgan fingerprint density at radius 2 is 0.873 bits per heavy atom. The van der Waals surface area contributed by atoms with Gasteiger partial charge in [-0.25, -0.2) is 4.99 Å². The number of benzene rings is 9. The Bertz CT molecular complexity index is 2970. The summed E-state index contributed by atoms with van der Waals surface area (Å²) in [5, 5.41) is 7.35. The molecule has 1 aliphatic rings. The molecule has 10 rings (SSSR count). The standard InChI is InChI=1S/C54H37N/c1-3-13-37(14-4-1)23-24-38-25-27-42(28-26-38)51-36-47(39-15-5-2-6-16-39)35-50-52(45-31-29-40-17-7-9-19-43(40)33-45)48-21-11-12-22-49(48)53(54(50)55-51)46-32-30-41-18-8-10-20-44(41)34-46/h1-34,36H,35H2/b24-23+. The Labute approximate surface area is 321 Å². The zero-order valence-corrected chi connectivity index (χ0v) is 30.4. The third-order valence-corrected chi connectivity index (χ3v) is 10.9. The topological polar surface area (TPSA) is 12.4 Å². The fraction of sp³-hybridized carbons (Fsp3) is 0.0185. The molecular formula is C54H37N. The molecule has 0 fully saturated rings. The molecule has 0 bridgehead atoms. The molecule has 1 heterocycles. The Kier molecular flexibility index (Phi) is 8.31. The van der Waals surface area contributed by atoms with Gasteiger partial charge in [0.1, 0.15) is 0 Å². The van der Waals surface area contributed by atoms with Crippen LogP contribution in [-0.2, 0) is 6.42 Å². The van der Waals surface area contributed by atoms with Crippen LogP contribution >= 0.6 is 0 Å². The number of fused-ring (bicyclic) bond motifs is 4. The van der Waals surface area contributed by atoms with E-state index < -0.39 is 0 Å². The zero-order valence-electron chi connectivity index (χ0n) is 30.4. The smallest absolute Gasteiger partial charge is 0.0763 e. The van der Waals surface area contributed by atoms with Gasteiger partial charge in [-0.3, -0.25) is 0 Å². The van der Waals surface area contributed by atoms with Crippen LogP contribution in [0.5, 0.6) is 0 Å². The summed E-state index contributed by atoms with van der Waals surface area (Å²) in [5.74, 6) is 0. The van der Waals surface area contributed by atoms with Crippen LogP contribution < -0.4 is 0 Å². The Morgan fingerprint density at radius 3 is 1.51 bits per heavy atom. The number of rotatable bonds is 6. The highest BCUT2D eigenvalue weighted by atomic mass is 14.8. The van der Waals surface area contributed by atoms with E-state index in [9.17, 15) is 0 Å². The second kappa shape index (κ2) is 14.0. The molecule has 0 spiro atoms. The Hall–Kier alpha value is -7.09. The quantitative estimate of drug-likeness (QED) is 0.153. The van der Waals surface area contributed by atoms with Crippen molar-refractivity contribution < 1.29 is 0 Å². The van der Waals surface area contributed by atoms with Crippen LogP contribution in [0, 0.1) is 0 Å². The monoisotopic (exact) mass is 699 g/mol. The SMILES string of the molecule is C1=C(c2ccccc2)Cc2c(c(-c3ccc4ccccc4c3)c3ccccc3c2-c2ccc3ccccc3c2)N=C1c1ccc(/C=C/c2ccccc2)cc1. The lowest BCUT2D eigenvalue weighted by molar-refractivity contribution is 1.29. The molecule has 9 aromatic rings. The van der Waals surface area contributed by atoms with Gasteiger partial charge in [-0.05, 0) is 95.0 Å². The molecule has 55 heavy (non-hydrogen) atoms. The summed E-state index contributed by atoms with van der Waals surface area (Å²) in [6, 6.07) is 70.1. The average Bonchev–Trinajstić information content (AvgIpc) is 3.45. The van der Waals surface area contributed by atoms with Gasteiger partial charge in [0.05, 0.1) is 11.4 Å². The number of allylic oxidation sites excluding steroid dienone is 2. The molecule has 0 N–H and O–H groups in total. The summed E-state index contributed by atoms with van der Waals surface area (Å²) in [4.78, 5) is 5.79. The predicted octanol–water partition coefficient (Wildman–Crippen LogP) is 14.4. The molecule has 1 aliphatic heterocycles. The molecule has 9 aromatic carbocycles. The second-order valence-corrected chi connectivity index (χ2v) is 14.3. The van der Waals surface area contributed by atoms with E-state index in [1.54, 1.807) is 0 Å². The van der Waals surface area contributed by atoms with Crippen LogP contribution in [0.4, 0.5) is 5.69 Å². The van der Waals surface area contributed by atoms with E-state index in [1.807, 2.05) is 6.07 Å². The van der Waals surface area contributed by atoms with Crippen molar-refractivity contribution in [2.45, 2.75) is 6.42 Å². The molecule has 0 unspecified atom stereocenters. The first-order valence-corrected chi connectivity index (χ1v) is 19.0. The molecule has 0 aromatic heterocycles. The third kappa shape index (κ3) is 6.26. The minimum Gasteiger partial charge on any atom is -0.247 e. The Morgan fingerprint density at radius 1 is 0.382 bits per heavy atom. The van der Waals surface area contributed by atoms with Crippen molar-refractivity contribution in [3.8, 4) is 22.3 Å². The first kappa shape index (κ1) is 32.6. The molecule has 0 saturated carbocycles. The summed E-state index contributed by atoms with van der Waals surface area (Å²) < 4.78 is 0. The first-order chi connectivity index (χ1) is 27.2. The lowest BCUT2D eigenvalue weighted by atomic mass is 9.83. The van der Waals surface area contributed by atoms with E-state index in [2.05, 4.69) is 206 Å². The fourth-order valence-electron chi connectivity index (χ4n) is 8.15. The minimum atomic E-state index is 0.734. The highest BCUT2D eigenvalue weighted by Gasteiger charge is 2.25. The molecule has 1 heteroatoms. The van der Waals surface area contributed by atoms with Gasteiger partial charge >= 0.3 is 0 Å². The van der Waals surface area contributed by atoms with Gasteiger partial charge in [0.2, 0.25) is 0 Å². The summed E-state index contributed by atoms with van der Waals surface area (Å²) in [6.45, 7) is 0. The Balaban J connectivity index is 1.25. The lowest BCUT2D eigenvalue weighted by Crippen LogP contribution is -1.98. The van der Waals surface area contributed by atoms with Crippen LogP contribution in [0.15, 0.2) is 205 Å². The molecule has 0 aliphatic carbocycles. The normalized spacial score (nSPS) is 12.8. The molecule has 258 valence electrons. The average molecular weight is 700 g/mol. The van der Waals surface area contributed by atoms with Crippen LogP contribution in [-0.4, -0.2) is 5.71 Å². The van der Waals surface area contributed by atoms with Gasteiger partial charge in [0.15, 0.2) is 0 Å². The van der Waals surface area contributed by atoms with Crippen molar-refractivity contribution in [2.75, 3.05) is 0 Å². The van der Waals surface area contributed by atoms with E-state index in [1.165, 1.54) is 76.8 Å². The largest absolute Gasteiger partial charge is 0.247 e. The summed E-state index contributed by atoms with van der Waals surface area (Å²) >= 11 is 0. The first-order valence-electron chi connectivity index (χ1n) is 19.0. The molecule has 0 radical (unpaired) electrons. The zero-order chi connectivity index (χ0) is 36.6. The maximum absolute atomic E-state index is 5.79. The minimum absolute atomic E-state index is 0.734. The second-order valence-electron chi connectivity index (χ2n) is 14.3. The van der Waals surface area contributed by atoms with Crippen molar-refractivity contribution in [2.24, 2.45) is 4.99 Å². The molecule has 0 amide bonds. The van der Waals surface area contributed by atoms with Crippen LogP contribution in [0.1, 0.15) is 27.8 Å². The van der Waals surface area contributed by atoms with Crippen LogP contribution in [0.25, 0.3) is 72.3 Å². The van der Waals surface area contributed by atoms with Crippen molar-refractivity contribution >= 4 is 61.4 Å². The maximum atomic E-state index is 5.79. The maximum Gasteiger partial charge on any atom is 0.0763 e. The highest BCUT2D eigenvalue weighted by Crippen LogP contribution is 2.49. The van der Waals surface area contributed by atoms with Crippen molar-refractivity contribution in [1.82, 2.24) is 0 Å². The van der Waals surface area contributed by atoms with Gasteiger partial charge in [-0.15, -0.1) is 0 Å². The third-order valence-electron chi connectivity index (χ3n) is 10.9. The van der Waals surface area contributed by atoms with Gasteiger partial charge in [-0.2, -0.15) is 0 Å². The summed E-state index contributed by atoms with van der Waals surface area (Å²) in [6.07, 6.45) is 7.40. The van der Waals surface area contributed by atoms with E-state index in [-0.39, 0.29) is 0 Å². The summed E-state index contributed by atoms with van der Waals surface area (Å²) in [7, 11) is 0. The van der Waals surface area contributed by atoms with Gasteiger partial charge in [0.25, 0.3) is 0 Å². The highest BCUT2D eigenvalue weighted by molar-refractivity contribution is 6.19. The van der Waals surface area contributed by atoms with E-state index in [4.69, 9.17) is 4.99 Å². The van der Waals surface area contributed by atoms with Crippen molar-refractivity contribution in [3.63, 3.8) is 0 Å². The van der Waals surface area contributed by atoms with E-state index in [0.717, 1.165) is 28.9 Å². The van der Waals surface area contributed by atoms with Crippen molar-refractivity contribution in [1.29, 1.82) is 0 Å². The lowest BCUT2D eigenvalue weighted by Gasteiger charge is -2.22. The van der Waals surface area contributed by atoms with E-state index >= 15 is 0 Å². The molecular weight excluding hydrogens is 663 g/mol. The number of nitrogens with zero attached hydrogens (tertiary/aromatic N) is 1. The van der Waals surface area contributed by atoms with Gasteiger partial charge < -0.3 is 0 Å². The number of hydrogen-bond acceptors (Lipinski definition) is 1. The van der Waals surface area contributed by atoms with Crippen LogP contribution in [0.3, 0.4) is 0 Å². The van der Waals surface area contributed by atoms with E-state index in [0.29, 0.717) is 0 Å². The molecule has 0 saturated heterocycles. The number of aliphatic imine (C=N–C) groups is 1. The fourth-order valence-corrected chi connectivity index (χ4v) is 8.15. The van der Waals surface area contributed by atoms with Crippen LogP contribution in [0.2, 0.25) is 0 Å². The predicted molar refractivity (Wildman–Crippen MR) is 236 cm³/mol. The van der Waals surface area contributed by atoms with Crippen molar-refractivity contribution in [3.05, 3.63) is 228 Å².